The molecule has 20 heteroatoms. The van der Waals surface area contributed by atoms with E-state index in [-0.39, 0.29) is 0 Å². The van der Waals surface area contributed by atoms with Crippen LogP contribution in [0, 0.1) is 6.57 Å². The zero-order chi connectivity index (χ0) is 30.8. The van der Waals surface area contributed by atoms with Crippen molar-refractivity contribution in [1.29, 1.82) is 0 Å². The van der Waals surface area contributed by atoms with Gasteiger partial charge in [-0.25, -0.2) is 9.98 Å². The molecule has 3 aliphatic rings. The van der Waals surface area contributed by atoms with Crippen molar-refractivity contribution in [3.63, 3.8) is 0 Å². The molecule has 0 amide bonds. The van der Waals surface area contributed by atoms with Crippen LogP contribution in [0.2, 0.25) is 0 Å². The molecule has 2 aliphatic heterocycles. The number of aliphatic hydroxyl groups excluding tert-OH is 6. The number of nitrogens with two attached hydrogens (primary N) is 4. The largest absolute Gasteiger partial charge is 0.394 e. The topological polar surface area (TPSA) is 333 Å². The van der Waals surface area contributed by atoms with E-state index in [1.54, 1.807) is 0 Å². The molecule has 7 unspecified atom stereocenters. The van der Waals surface area contributed by atoms with Crippen molar-refractivity contribution in [2.24, 2.45) is 32.9 Å². The van der Waals surface area contributed by atoms with Crippen LogP contribution in [0.3, 0.4) is 0 Å². The van der Waals surface area contributed by atoms with Gasteiger partial charge in [0.2, 0.25) is 0 Å². The molecule has 0 bridgehead atoms. The molecule has 0 radical (unpaired) electrons. The Hall–Kier alpha value is -2.65. The van der Waals surface area contributed by atoms with Gasteiger partial charge in [-0.15, -0.1) is 0 Å². The summed E-state index contributed by atoms with van der Waals surface area (Å²) in [6, 6.07) is -4.12. The van der Waals surface area contributed by atoms with E-state index in [1.807, 2.05) is 0 Å². The SMILES string of the molecule is [C-]#[N+]O[C@]1(O)C(C)OC(O[C@H]2C(O)C(O)[C@H](N=C(N)N)C(O)[C@H]2N=C(N)N)[C@H]1O[C@H]1OC(CO)[C@@H](O)[C@H](O)C1NC. The molecule has 41 heavy (non-hydrogen) atoms. The van der Waals surface area contributed by atoms with Gasteiger partial charge < -0.3 is 82.9 Å². The molecule has 1 saturated carbocycles. The average Bonchev–Trinajstić information content (AvgIpc) is 3.13. The van der Waals surface area contributed by atoms with Crippen molar-refractivity contribution >= 4 is 11.9 Å². The lowest BCUT2D eigenvalue weighted by Crippen LogP contribution is -2.66. The van der Waals surface area contributed by atoms with Gasteiger partial charge in [-0.3, -0.25) is 0 Å². The van der Waals surface area contributed by atoms with Crippen molar-refractivity contribution in [3.05, 3.63) is 11.6 Å². The number of aliphatic hydroxyl groups is 7. The van der Waals surface area contributed by atoms with Crippen molar-refractivity contribution in [2.75, 3.05) is 13.7 Å². The number of ether oxygens (including phenoxy) is 4. The first-order valence-corrected chi connectivity index (χ1v) is 12.5. The van der Waals surface area contributed by atoms with Crippen molar-refractivity contribution in [3.8, 4) is 0 Å². The molecule has 0 aromatic heterocycles. The van der Waals surface area contributed by atoms with E-state index in [1.165, 1.54) is 14.0 Å². The third-order valence-electron chi connectivity index (χ3n) is 7.22. The molecule has 15 atom stereocenters. The summed E-state index contributed by atoms with van der Waals surface area (Å²) in [5.41, 5.74) is 21.8. The molecule has 234 valence electrons. The number of hydrogen-bond acceptors (Lipinski definition) is 15. The van der Waals surface area contributed by atoms with Gasteiger partial charge in [-0.05, 0) is 19.0 Å². The average molecular weight is 595 g/mol. The van der Waals surface area contributed by atoms with Crippen molar-refractivity contribution < 1.29 is 59.5 Å². The van der Waals surface area contributed by atoms with Crippen LogP contribution >= 0.6 is 0 Å². The Kier molecular flexibility index (Phi) is 10.5. The highest BCUT2D eigenvalue weighted by Gasteiger charge is 2.65. The van der Waals surface area contributed by atoms with E-state index in [2.05, 4.69) is 20.3 Å². The predicted octanol–water partition coefficient (Wildman–Crippen LogP) is -7.55. The molecular weight excluding hydrogens is 556 g/mol. The lowest BCUT2D eigenvalue weighted by molar-refractivity contribution is -0.335. The Morgan fingerprint density at radius 1 is 0.902 bits per heavy atom. The van der Waals surface area contributed by atoms with Crippen molar-refractivity contribution in [2.45, 2.75) is 98.4 Å². The van der Waals surface area contributed by atoms with Crippen LogP contribution in [0.4, 0.5) is 0 Å². The molecule has 0 aromatic rings. The lowest BCUT2D eigenvalue weighted by atomic mass is 9.81. The number of nitrogens with zero attached hydrogens (tertiary/aromatic N) is 3. The molecule has 0 aromatic carbocycles. The van der Waals surface area contributed by atoms with Crippen molar-refractivity contribution in [1.82, 2.24) is 5.32 Å². The van der Waals surface area contributed by atoms with Crippen LogP contribution in [0.5, 0.6) is 0 Å². The summed E-state index contributed by atoms with van der Waals surface area (Å²) in [5, 5.41) is 79.7. The Balaban J connectivity index is 1.99. The van der Waals surface area contributed by atoms with E-state index < -0.39 is 110 Å². The predicted molar refractivity (Wildman–Crippen MR) is 135 cm³/mol. The van der Waals surface area contributed by atoms with Gasteiger partial charge in [-0.2, -0.15) is 11.4 Å². The minimum absolute atomic E-state index is 0.508. The summed E-state index contributed by atoms with van der Waals surface area (Å²) in [5.74, 6) is -3.59. The van der Waals surface area contributed by atoms with Crippen LogP contribution in [-0.2, 0) is 23.8 Å². The van der Waals surface area contributed by atoms with Gasteiger partial charge >= 0.3 is 5.79 Å². The monoisotopic (exact) mass is 594 g/mol. The van der Waals surface area contributed by atoms with Gasteiger partial charge in [-0.1, -0.05) is 0 Å². The van der Waals surface area contributed by atoms with Crippen LogP contribution in [0.25, 0.3) is 5.01 Å². The second-order valence-electron chi connectivity index (χ2n) is 9.82. The third-order valence-corrected chi connectivity index (χ3v) is 7.22. The summed E-state index contributed by atoms with van der Waals surface area (Å²) in [7, 11) is 1.41. The maximum absolute atomic E-state index is 11.3. The highest BCUT2D eigenvalue weighted by Crippen LogP contribution is 2.40. The van der Waals surface area contributed by atoms with E-state index in [4.69, 9.17) is 53.3 Å². The number of likely N-dealkylation sites (N-methyl/N-ethyl adjacent to an activating group) is 1. The summed E-state index contributed by atoms with van der Waals surface area (Å²) in [6.07, 6.45) is -17.7. The molecule has 1 aliphatic carbocycles. The number of guanidine groups is 2. The maximum atomic E-state index is 11.3. The molecule has 2 heterocycles. The van der Waals surface area contributed by atoms with E-state index in [0.717, 1.165) is 0 Å². The summed E-state index contributed by atoms with van der Waals surface area (Å²) < 4.78 is 23.0. The molecule has 0 spiro atoms. The third kappa shape index (κ3) is 6.41. The zero-order valence-electron chi connectivity index (χ0n) is 22.1. The highest BCUT2D eigenvalue weighted by molar-refractivity contribution is 5.76. The van der Waals surface area contributed by atoms with Crippen LogP contribution < -0.4 is 28.3 Å². The van der Waals surface area contributed by atoms with Gasteiger partial charge in [0.25, 0.3) is 0 Å². The summed E-state index contributed by atoms with van der Waals surface area (Å²) in [4.78, 5) is 12.5. The standard InChI is InChI=1S/C21H38N8O12/c1-5-21(36,41-27-3)16(40-17-9(26-2)13(34)10(31)6(4-30)38-17)18(37-5)39-15-8(29-20(24)25)11(32)7(28-19(22)23)12(33)14(15)35/h5-18,26,30-36H,4H2,1-2H3,(H4,22,23,28)(H4,24,25,29)/t5?,6?,7-,8-,9?,10-,11?,12?,13-,14?,15-,16-,17-,18?,21-/m1/s1. The first-order chi connectivity index (χ1) is 19.2. The smallest absolute Gasteiger partial charge is 0.349 e. The highest BCUT2D eigenvalue weighted by atomic mass is 16.8. The first kappa shape index (κ1) is 32.9. The Labute approximate surface area is 233 Å². The number of rotatable bonds is 9. The molecule has 3 fully saturated rings. The molecule has 16 N–H and O–H groups in total. The van der Waals surface area contributed by atoms with Crippen LogP contribution in [0.15, 0.2) is 9.98 Å². The zero-order valence-corrected chi connectivity index (χ0v) is 22.1. The van der Waals surface area contributed by atoms with E-state index in [0.29, 0.717) is 0 Å². The van der Waals surface area contributed by atoms with Gasteiger partial charge in [0.1, 0.15) is 60.9 Å². The fourth-order valence-electron chi connectivity index (χ4n) is 5.07. The fourth-order valence-corrected chi connectivity index (χ4v) is 5.07. The quantitative estimate of drug-likeness (QED) is 0.0387. The van der Waals surface area contributed by atoms with Gasteiger partial charge in [0.05, 0.1) is 12.6 Å². The Morgan fingerprint density at radius 2 is 1.51 bits per heavy atom. The maximum Gasteiger partial charge on any atom is 0.349 e. The molecule has 3 rings (SSSR count). The van der Waals surface area contributed by atoms with E-state index in [9.17, 15) is 35.7 Å². The second kappa shape index (κ2) is 13.1. The summed E-state index contributed by atoms with van der Waals surface area (Å²) >= 11 is 0. The summed E-state index contributed by atoms with van der Waals surface area (Å²) in [6.45, 7) is 7.73. The molecule has 20 nitrogen and oxygen atoms in total. The number of hydrogen-bond donors (Lipinski definition) is 12. The first-order valence-electron chi connectivity index (χ1n) is 12.5. The van der Waals surface area contributed by atoms with Gasteiger partial charge in [0, 0.05) is 0 Å². The lowest BCUT2D eigenvalue weighted by Gasteiger charge is -2.45. The fraction of sp³-hybridized carbons (Fsp3) is 0.857. The Morgan fingerprint density at radius 3 is 2.05 bits per heavy atom. The minimum Gasteiger partial charge on any atom is -0.394 e. The van der Waals surface area contributed by atoms with Crippen LogP contribution in [-0.4, -0.2) is 153 Å². The van der Waals surface area contributed by atoms with E-state index >= 15 is 0 Å². The molecule has 2 saturated heterocycles. The Bertz CT molecular complexity index is 996. The normalized spacial score (nSPS) is 46.3. The van der Waals surface area contributed by atoms with Gasteiger partial charge in [0.15, 0.2) is 30.6 Å². The van der Waals surface area contributed by atoms with Crippen LogP contribution in [0.1, 0.15) is 6.92 Å². The number of nitrogens with one attached hydrogen (secondary N) is 1. The number of aliphatic imine (C=N–C) groups is 2. The second-order valence-corrected chi connectivity index (χ2v) is 9.82. The minimum atomic E-state index is -2.55. The molecular formula is C21H38N8O12.